The summed E-state index contributed by atoms with van der Waals surface area (Å²) in [6.07, 6.45) is 0. The minimum atomic E-state index is -3.46. The van der Waals surface area contributed by atoms with Gasteiger partial charge in [0.25, 0.3) is 0 Å². The molecule has 1 rings (SSSR count). The third-order valence-electron chi connectivity index (χ3n) is 3.00. The molecule has 5 nitrogen and oxygen atoms in total. The zero-order valence-electron chi connectivity index (χ0n) is 12.7. The van der Waals surface area contributed by atoms with Gasteiger partial charge in [-0.2, -0.15) is 4.31 Å². The van der Waals surface area contributed by atoms with Gasteiger partial charge in [0.1, 0.15) is 0 Å². The van der Waals surface area contributed by atoms with Gasteiger partial charge < -0.3 is 5.32 Å². The fraction of sp³-hybridized carbons (Fsp3) is 0.500. The third-order valence-corrected chi connectivity index (χ3v) is 5.42. The second kappa shape index (κ2) is 6.89. The molecule has 21 heavy (non-hydrogen) atoms. The van der Waals surface area contributed by atoms with Gasteiger partial charge in [-0.3, -0.25) is 4.79 Å². The van der Waals surface area contributed by atoms with Gasteiger partial charge >= 0.3 is 0 Å². The van der Waals surface area contributed by atoms with E-state index < -0.39 is 14.3 Å². The summed E-state index contributed by atoms with van der Waals surface area (Å²) in [6, 6.07) is 6.19. The van der Waals surface area contributed by atoms with Crippen molar-refractivity contribution < 1.29 is 13.2 Å². The molecule has 0 unspecified atom stereocenters. The predicted molar refractivity (Wildman–Crippen MR) is 88.2 cm³/mol. The van der Waals surface area contributed by atoms with Crippen LogP contribution in [0.3, 0.4) is 0 Å². The van der Waals surface area contributed by atoms with Crippen molar-refractivity contribution in [1.29, 1.82) is 0 Å². The predicted octanol–water partition coefficient (Wildman–Crippen LogP) is 2.83. The normalized spacial score (nSPS) is 12.5. The second-order valence-corrected chi connectivity index (χ2v) is 8.96. The Kier molecular flexibility index (Phi) is 5.95. The quantitative estimate of drug-likeness (QED) is 0.776. The maximum atomic E-state index is 12.3. The van der Waals surface area contributed by atoms with Gasteiger partial charge in [0, 0.05) is 18.8 Å². The monoisotopic (exact) mass is 376 g/mol. The number of carbonyl (C=O) groups is 1. The Morgan fingerprint density at radius 2 is 1.67 bits per heavy atom. The third kappa shape index (κ3) is 4.52. The molecule has 0 aromatic heterocycles. The van der Waals surface area contributed by atoms with Gasteiger partial charge in [0.2, 0.25) is 15.9 Å². The number of nitrogens with one attached hydrogen (secondary N) is 1. The summed E-state index contributed by atoms with van der Waals surface area (Å²) >= 11 is 3.27. The number of hydrogen-bond donors (Lipinski definition) is 1. The smallest absolute Gasteiger partial charge is 0.243 e. The van der Waals surface area contributed by atoms with Crippen molar-refractivity contribution >= 4 is 37.5 Å². The molecule has 0 atom stereocenters. The van der Waals surface area contributed by atoms with E-state index in [9.17, 15) is 13.2 Å². The Bertz CT molecular complexity index is 588. The summed E-state index contributed by atoms with van der Waals surface area (Å²) in [5.74, 6) is -0.193. The van der Waals surface area contributed by atoms with Gasteiger partial charge in [-0.25, -0.2) is 8.42 Å². The van der Waals surface area contributed by atoms with E-state index in [-0.39, 0.29) is 10.8 Å². The number of anilines is 1. The fourth-order valence-electron chi connectivity index (χ4n) is 1.70. The first-order valence-electron chi connectivity index (χ1n) is 6.73. The molecule has 0 heterocycles. The molecular formula is C14H21BrN2O3S. The Labute approximate surface area is 134 Å². The van der Waals surface area contributed by atoms with E-state index in [0.717, 1.165) is 0 Å². The van der Waals surface area contributed by atoms with Crippen LogP contribution in [0.2, 0.25) is 0 Å². The molecule has 0 saturated heterocycles. The minimum absolute atomic E-state index is 0.193. The lowest BCUT2D eigenvalue weighted by Crippen LogP contribution is -2.31. The molecule has 0 aliphatic carbocycles. The lowest BCUT2D eigenvalue weighted by atomic mass is 10.2. The average Bonchev–Trinajstić information content (AvgIpc) is 2.39. The highest BCUT2D eigenvalue weighted by molar-refractivity contribution is 9.10. The molecule has 0 bridgehead atoms. The summed E-state index contributed by atoms with van der Waals surface area (Å²) in [6.45, 7) is 7.93. The number of sulfonamides is 1. The van der Waals surface area contributed by atoms with E-state index in [4.69, 9.17) is 0 Å². The van der Waals surface area contributed by atoms with E-state index in [1.54, 1.807) is 39.8 Å². The minimum Gasteiger partial charge on any atom is -0.325 e. The van der Waals surface area contributed by atoms with E-state index in [1.165, 1.54) is 16.4 Å². The topological polar surface area (TPSA) is 66.5 Å². The summed E-state index contributed by atoms with van der Waals surface area (Å²) in [5.41, 5.74) is 0.561. The van der Waals surface area contributed by atoms with E-state index in [1.807, 2.05) is 0 Å². The van der Waals surface area contributed by atoms with Gasteiger partial charge in [-0.1, -0.05) is 29.8 Å². The van der Waals surface area contributed by atoms with E-state index in [2.05, 4.69) is 21.2 Å². The van der Waals surface area contributed by atoms with Crippen LogP contribution in [0.25, 0.3) is 0 Å². The molecular weight excluding hydrogens is 356 g/mol. The Morgan fingerprint density at radius 3 is 2.05 bits per heavy atom. The Balaban J connectivity index is 2.96. The number of alkyl halides is 1. The lowest BCUT2D eigenvalue weighted by Gasteiger charge is -2.19. The number of halogens is 1. The van der Waals surface area contributed by atoms with Crippen LogP contribution >= 0.6 is 15.9 Å². The van der Waals surface area contributed by atoms with Crippen molar-refractivity contribution in [3.63, 3.8) is 0 Å². The largest absolute Gasteiger partial charge is 0.325 e. The van der Waals surface area contributed by atoms with Gasteiger partial charge in [-0.15, -0.1) is 0 Å². The van der Waals surface area contributed by atoms with Crippen LogP contribution in [-0.2, 0) is 14.8 Å². The number of amides is 1. The van der Waals surface area contributed by atoms with Crippen molar-refractivity contribution in [2.45, 2.75) is 36.9 Å². The van der Waals surface area contributed by atoms with Crippen molar-refractivity contribution in [2.75, 3.05) is 18.4 Å². The summed E-state index contributed by atoms with van der Waals surface area (Å²) in [5, 5.41) is 2.72. The number of benzene rings is 1. The highest BCUT2D eigenvalue weighted by Gasteiger charge is 2.24. The van der Waals surface area contributed by atoms with Crippen LogP contribution in [0.4, 0.5) is 5.69 Å². The number of carbonyl (C=O) groups excluding carboxylic acids is 1. The zero-order chi connectivity index (χ0) is 16.3. The maximum absolute atomic E-state index is 12.3. The van der Waals surface area contributed by atoms with Crippen molar-refractivity contribution in [3.05, 3.63) is 24.3 Å². The molecule has 0 aliphatic rings. The molecule has 0 fully saturated rings. The Hall–Kier alpha value is -0.920. The van der Waals surface area contributed by atoms with Crippen molar-refractivity contribution in [1.82, 2.24) is 4.31 Å². The van der Waals surface area contributed by atoms with Crippen LogP contribution in [0.5, 0.6) is 0 Å². The van der Waals surface area contributed by atoms with E-state index in [0.29, 0.717) is 18.8 Å². The molecule has 0 radical (unpaired) electrons. The van der Waals surface area contributed by atoms with Crippen LogP contribution in [-0.4, -0.2) is 36.0 Å². The van der Waals surface area contributed by atoms with Crippen molar-refractivity contribution in [3.8, 4) is 0 Å². The molecule has 0 saturated carbocycles. The summed E-state index contributed by atoms with van der Waals surface area (Å²) in [4.78, 5) is 12.1. The van der Waals surface area contributed by atoms with Gasteiger partial charge in [0.15, 0.2) is 0 Å². The number of rotatable bonds is 6. The SMILES string of the molecule is CCN(CC)S(=O)(=O)c1ccc(NC(=O)C(C)(C)Br)cc1. The molecule has 118 valence electrons. The lowest BCUT2D eigenvalue weighted by molar-refractivity contribution is -0.117. The van der Waals surface area contributed by atoms with Crippen LogP contribution in [0, 0.1) is 0 Å². The molecule has 0 aliphatic heterocycles. The number of hydrogen-bond acceptors (Lipinski definition) is 3. The molecule has 0 spiro atoms. The van der Waals surface area contributed by atoms with Crippen LogP contribution in [0.1, 0.15) is 27.7 Å². The molecule has 7 heteroatoms. The number of nitrogens with zero attached hydrogens (tertiary/aromatic N) is 1. The molecule has 1 amide bonds. The molecule has 1 aromatic rings. The van der Waals surface area contributed by atoms with Gasteiger partial charge in [-0.05, 0) is 38.1 Å². The molecule has 1 aromatic carbocycles. The zero-order valence-corrected chi connectivity index (χ0v) is 15.1. The van der Waals surface area contributed by atoms with Gasteiger partial charge in [0.05, 0.1) is 9.22 Å². The van der Waals surface area contributed by atoms with E-state index >= 15 is 0 Å². The van der Waals surface area contributed by atoms with Crippen molar-refractivity contribution in [2.24, 2.45) is 0 Å². The van der Waals surface area contributed by atoms with Crippen LogP contribution < -0.4 is 5.32 Å². The highest BCUT2D eigenvalue weighted by atomic mass is 79.9. The Morgan fingerprint density at radius 1 is 1.19 bits per heavy atom. The highest BCUT2D eigenvalue weighted by Crippen LogP contribution is 2.21. The van der Waals surface area contributed by atoms with Crippen LogP contribution in [0.15, 0.2) is 29.2 Å². The fourth-order valence-corrected chi connectivity index (χ4v) is 3.26. The second-order valence-electron chi connectivity index (χ2n) is 5.04. The standard InChI is InChI=1S/C14H21BrN2O3S/c1-5-17(6-2)21(19,20)12-9-7-11(8-10-12)16-13(18)14(3,4)15/h7-10H,5-6H2,1-4H3,(H,16,18). The first kappa shape index (κ1) is 18.1. The first-order valence-corrected chi connectivity index (χ1v) is 8.96. The maximum Gasteiger partial charge on any atom is 0.243 e. The molecule has 1 N–H and O–H groups in total. The first-order chi connectivity index (χ1) is 9.62. The summed E-state index contributed by atoms with van der Waals surface area (Å²) < 4.78 is 25.3. The average molecular weight is 377 g/mol. The summed E-state index contributed by atoms with van der Waals surface area (Å²) in [7, 11) is -3.46.